The number of nitrogens with zero attached hydrogens (tertiary/aromatic N) is 1. The molecule has 1 atom stereocenters. The van der Waals surface area contributed by atoms with Gasteiger partial charge in [-0.15, -0.1) is 0 Å². The van der Waals surface area contributed by atoms with Crippen molar-refractivity contribution in [3.8, 4) is 11.3 Å². The van der Waals surface area contributed by atoms with Gasteiger partial charge in [0.05, 0.1) is 11.8 Å². The molecule has 3 N–H and O–H groups in total. The van der Waals surface area contributed by atoms with Crippen molar-refractivity contribution in [2.75, 3.05) is 6.54 Å². The van der Waals surface area contributed by atoms with Crippen LogP contribution in [0.5, 0.6) is 0 Å². The van der Waals surface area contributed by atoms with E-state index >= 15 is 0 Å². The zero-order chi connectivity index (χ0) is 14.5. The van der Waals surface area contributed by atoms with E-state index in [4.69, 9.17) is 0 Å². The maximum absolute atomic E-state index is 9.99. The Hall–Kier alpha value is -1.95. The largest absolute Gasteiger partial charge is 0.387 e. The van der Waals surface area contributed by atoms with Crippen LogP contribution >= 0.6 is 11.3 Å². The van der Waals surface area contributed by atoms with Gasteiger partial charge in [-0.2, -0.15) is 16.4 Å². The van der Waals surface area contributed by atoms with E-state index in [0.29, 0.717) is 13.1 Å². The van der Waals surface area contributed by atoms with Gasteiger partial charge < -0.3 is 10.4 Å². The average molecular weight is 299 g/mol. The number of thiophene rings is 1. The SMILES string of the molecule is OC(CNCc1cc(-c2ccccc2)n[nH]1)c1ccsc1. The molecule has 0 fully saturated rings. The minimum atomic E-state index is -0.465. The molecule has 0 aliphatic heterocycles. The molecule has 4 nitrogen and oxygen atoms in total. The highest BCUT2D eigenvalue weighted by atomic mass is 32.1. The lowest BCUT2D eigenvalue weighted by Crippen LogP contribution is -2.20. The lowest BCUT2D eigenvalue weighted by atomic mass is 10.1. The van der Waals surface area contributed by atoms with Gasteiger partial charge in [0.15, 0.2) is 0 Å². The summed E-state index contributed by atoms with van der Waals surface area (Å²) in [6, 6.07) is 14.0. The molecule has 5 heteroatoms. The number of H-pyrrole nitrogens is 1. The van der Waals surface area contributed by atoms with Crippen LogP contribution in [0.25, 0.3) is 11.3 Å². The van der Waals surface area contributed by atoms with E-state index in [0.717, 1.165) is 22.5 Å². The van der Waals surface area contributed by atoms with Gasteiger partial charge >= 0.3 is 0 Å². The Morgan fingerprint density at radius 2 is 2.10 bits per heavy atom. The van der Waals surface area contributed by atoms with Gasteiger partial charge in [-0.3, -0.25) is 5.10 Å². The van der Waals surface area contributed by atoms with Crippen molar-refractivity contribution in [2.45, 2.75) is 12.6 Å². The van der Waals surface area contributed by atoms with Gasteiger partial charge in [0.25, 0.3) is 0 Å². The van der Waals surface area contributed by atoms with Crippen molar-refractivity contribution < 1.29 is 5.11 Å². The van der Waals surface area contributed by atoms with Gasteiger partial charge in [0.2, 0.25) is 0 Å². The van der Waals surface area contributed by atoms with Crippen molar-refractivity contribution in [1.29, 1.82) is 0 Å². The topological polar surface area (TPSA) is 60.9 Å². The van der Waals surface area contributed by atoms with Crippen LogP contribution in [0.15, 0.2) is 53.2 Å². The predicted octanol–water partition coefficient (Wildman–Crippen LogP) is 2.96. The Balaban J connectivity index is 1.54. The summed E-state index contributed by atoms with van der Waals surface area (Å²) in [7, 11) is 0. The van der Waals surface area contributed by atoms with E-state index in [-0.39, 0.29) is 0 Å². The zero-order valence-electron chi connectivity index (χ0n) is 11.5. The molecule has 0 aliphatic carbocycles. The normalized spacial score (nSPS) is 12.4. The highest BCUT2D eigenvalue weighted by molar-refractivity contribution is 7.07. The van der Waals surface area contributed by atoms with Crippen LogP contribution < -0.4 is 5.32 Å². The average Bonchev–Trinajstić information content (AvgIpc) is 3.20. The zero-order valence-corrected chi connectivity index (χ0v) is 12.3. The molecule has 0 aliphatic rings. The fourth-order valence-corrected chi connectivity index (χ4v) is 2.84. The number of rotatable bonds is 6. The van der Waals surface area contributed by atoms with Gasteiger partial charge in [0, 0.05) is 24.3 Å². The fraction of sp³-hybridized carbons (Fsp3) is 0.188. The standard InChI is InChI=1S/C16H17N3OS/c20-16(13-6-7-21-11-13)10-17-9-14-8-15(19-18-14)12-4-2-1-3-5-12/h1-8,11,16-17,20H,9-10H2,(H,18,19). The maximum atomic E-state index is 9.99. The molecule has 0 saturated carbocycles. The number of nitrogens with one attached hydrogen (secondary N) is 2. The molecular formula is C16H17N3OS. The first-order valence-corrected chi connectivity index (χ1v) is 7.78. The van der Waals surface area contributed by atoms with E-state index in [1.807, 2.05) is 53.2 Å². The lowest BCUT2D eigenvalue weighted by Gasteiger charge is -2.09. The van der Waals surface area contributed by atoms with E-state index in [1.165, 1.54) is 0 Å². The molecule has 0 amide bonds. The van der Waals surface area contributed by atoms with Gasteiger partial charge in [-0.05, 0) is 28.5 Å². The molecule has 3 rings (SSSR count). The summed E-state index contributed by atoms with van der Waals surface area (Å²) in [5.41, 5.74) is 4.00. The lowest BCUT2D eigenvalue weighted by molar-refractivity contribution is 0.174. The second kappa shape index (κ2) is 6.67. The molecule has 1 aromatic carbocycles. The number of aromatic amines is 1. The maximum Gasteiger partial charge on any atom is 0.0924 e. The second-order valence-corrected chi connectivity index (χ2v) is 5.63. The summed E-state index contributed by atoms with van der Waals surface area (Å²) in [4.78, 5) is 0. The summed E-state index contributed by atoms with van der Waals surface area (Å²) in [5, 5.41) is 24.5. The first-order chi connectivity index (χ1) is 10.3. The smallest absolute Gasteiger partial charge is 0.0924 e. The molecule has 2 aromatic heterocycles. The molecular weight excluding hydrogens is 282 g/mol. The number of benzene rings is 1. The first-order valence-electron chi connectivity index (χ1n) is 6.83. The van der Waals surface area contributed by atoms with Gasteiger partial charge in [-0.1, -0.05) is 30.3 Å². The molecule has 21 heavy (non-hydrogen) atoms. The Kier molecular flexibility index (Phi) is 4.45. The fourth-order valence-electron chi connectivity index (χ4n) is 2.13. The summed E-state index contributed by atoms with van der Waals surface area (Å²) < 4.78 is 0. The number of hydrogen-bond acceptors (Lipinski definition) is 4. The molecule has 0 saturated heterocycles. The van der Waals surface area contributed by atoms with E-state index < -0.39 is 6.10 Å². The van der Waals surface area contributed by atoms with Crippen molar-refractivity contribution in [1.82, 2.24) is 15.5 Å². The summed E-state index contributed by atoms with van der Waals surface area (Å²) in [6.07, 6.45) is -0.465. The number of aliphatic hydroxyl groups excluding tert-OH is 1. The molecule has 108 valence electrons. The third-order valence-corrected chi connectivity index (χ3v) is 3.98. The van der Waals surface area contributed by atoms with E-state index in [2.05, 4.69) is 15.5 Å². The molecule has 1 unspecified atom stereocenters. The Bertz CT molecular complexity index is 664. The monoisotopic (exact) mass is 299 g/mol. The number of hydrogen-bond donors (Lipinski definition) is 3. The number of aliphatic hydroxyl groups is 1. The summed E-state index contributed by atoms with van der Waals surface area (Å²) in [6.45, 7) is 1.18. The van der Waals surface area contributed by atoms with Gasteiger partial charge in [0.1, 0.15) is 0 Å². The quantitative estimate of drug-likeness (QED) is 0.656. The Labute approximate surface area is 127 Å². The van der Waals surface area contributed by atoms with Crippen LogP contribution in [0.2, 0.25) is 0 Å². The van der Waals surface area contributed by atoms with Crippen LogP contribution in [-0.4, -0.2) is 21.8 Å². The summed E-state index contributed by atoms with van der Waals surface area (Å²) in [5.74, 6) is 0. The molecule has 3 aromatic rings. The Morgan fingerprint density at radius 3 is 2.86 bits per heavy atom. The molecule has 0 spiro atoms. The number of aromatic nitrogens is 2. The van der Waals surface area contributed by atoms with Crippen molar-refractivity contribution >= 4 is 11.3 Å². The van der Waals surface area contributed by atoms with Crippen molar-refractivity contribution in [2.24, 2.45) is 0 Å². The van der Waals surface area contributed by atoms with Crippen LogP contribution in [0.3, 0.4) is 0 Å². The second-order valence-electron chi connectivity index (χ2n) is 4.85. The first kappa shape index (κ1) is 14.0. The highest BCUT2D eigenvalue weighted by Gasteiger charge is 2.08. The van der Waals surface area contributed by atoms with Crippen LogP contribution in [-0.2, 0) is 6.54 Å². The van der Waals surface area contributed by atoms with Crippen LogP contribution in [0, 0.1) is 0 Å². The third-order valence-electron chi connectivity index (χ3n) is 3.28. The molecule has 0 bridgehead atoms. The van der Waals surface area contributed by atoms with Gasteiger partial charge in [-0.25, -0.2) is 0 Å². The Morgan fingerprint density at radius 1 is 1.24 bits per heavy atom. The molecule has 2 heterocycles. The third kappa shape index (κ3) is 3.58. The minimum Gasteiger partial charge on any atom is -0.387 e. The van der Waals surface area contributed by atoms with Crippen molar-refractivity contribution in [3.05, 3.63) is 64.5 Å². The van der Waals surface area contributed by atoms with Crippen molar-refractivity contribution in [3.63, 3.8) is 0 Å². The summed E-state index contributed by atoms with van der Waals surface area (Å²) >= 11 is 1.59. The molecule has 0 radical (unpaired) electrons. The highest BCUT2D eigenvalue weighted by Crippen LogP contribution is 2.17. The van der Waals surface area contributed by atoms with E-state index in [1.54, 1.807) is 11.3 Å². The van der Waals surface area contributed by atoms with E-state index in [9.17, 15) is 5.11 Å². The van der Waals surface area contributed by atoms with Crippen LogP contribution in [0.4, 0.5) is 0 Å². The predicted molar refractivity (Wildman–Crippen MR) is 85.0 cm³/mol. The van der Waals surface area contributed by atoms with Crippen LogP contribution in [0.1, 0.15) is 17.4 Å². The minimum absolute atomic E-state index is 0.465.